The van der Waals surface area contributed by atoms with Gasteiger partial charge in [0.15, 0.2) is 0 Å². The van der Waals surface area contributed by atoms with Gasteiger partial charge in [-0.05, 0) is 62.7 Å². The van der Waals surface area contributed by atoms with Crippen molar-refractivity contribution in [1.29, 1.82) is 0 Å². The van der Waals surface area contributed by atoms with Crippen LogP contribution in [0, 0.1) is 12.3 Å². The molecule has 0 bridgehead atoms. The average Bonchev–Trinajstić information content (AvgIpc) is 3.37. The van der Waals surface area contributed by atoms with Crippen LogP contribution < -0.4 is 4.74 Å². The van der Waals surface area contributed by atoms with Crippen molar-refractivity contribution in [3.63, 3.8) is 0 Å². The average molecular weight is 550 g/mol. The van der Waals surface area contributed by atoms with E-state index < -0.39 is 0 Å². The minimum atomic E-state index is -0.244. The number of halogens is 1. The SMILES string of the molecule is Cc1cc(OC[C@@]2(CC(=O)N3CCN(C)CC3)CCCN(Cc3cnn(Cc4ccccc4)c3)C2)ccc1Cl. The van der Waals surface area contributed by atoms with Crippen molar-refractivity contribution < 1.29 is 9.53 Å². The number of amides is 1. The van der Waals surface area contributed by atoms with Gasteiger partial charge in [-0.25, -0.2) is 0 Å². The zero-order chi connectivity index (χ0) is 27.2. The highest BCUT2D eigenvalue weighted by molar-refractivity contribution is 6.31. The number of carbonyl (C=O) groups excluding carboxylic acids is 1. The smallest absolute Gasteiger partial charge is 0.223 e. The van der Waals surface area contributed by atoms with Gasteiger partial charge in [-0.15, -0.1) is 0 Å². The summed E-state index contributed by atoms with van der Waals surface area (Å²) in [6, 6.07) is 16.2. The van der Waals surface area contributed by atoms with E-state index in [9.17, 15) is 4.79 Å². The third kappa shape index (κ3) is 7.41. The summed E-state index contributed by atoms with van der Waals surface area (Å²) in [7, 11) is 2.12. The van der Waals surface area contributed by atoms with Gasteiger partial charge in [0.2, 0.25) is 5.91 Å². The molecule has 0 aliphatic carbocycles. The number of benzene rings is 2. The number of piperazine rings is 1. The van der Waals surface area contributed by atoms with E-state index in [4.69, 9.17) is 16.3 Å². The van der Waals surface area contributed by atoms with Crippen LogP contribution in [0.2, 0.25) is 5.02 Å². The van der Waals surface area contributed by atoms with Gasteiger partial charge in [-0.2, -0.15) is 5.10 Å². The fourth-order valence-corrected chi connectivity index (χ4v) is 5.91. The first-order valence-electron chi connectivity index (χ1n) is 14.0. The Morgan fingerprint density at radius 3 is 2.59 bits per heavy atom. The second-order valence-corrected chi connectivity index (χ2v) is 11.8. The summed E-state index contributed by atoms with van der Waals surface area (Å²) in [6.45, 7) is 9.37. The van der Waals surface area contributed by atoms with Gasteiger partial charge in [0, 0.05) is 67.9 Å². The summed E-state index contributed by atoms with van der Waals surface area (Å²) in [5.41, 5.74) is 3.18. The van der Waals surface area contributed by atoms with Crippen LogP contribution in [-0.4, -0.2) is 83.3 Å². The Labute approximate surface area is 237 Å². The van der Waals surface area contributed by atoms with Crippen molar-refractivity contribution in [2.75, 3.05) is 52.9 Å². The molecule has 7 nitrogen and oxygen atoms in total. The van der Waals surface area contributed by atoms with Gasteiger partial charge >= 0.3 is 0 Å². The van der Waals surface area contributed by atoms with Crippen molar-refractivity contribution in [3.8, 4) is 5.75 Å². The topological polar surface area (TPSA) is 53.8 Å². The molecule has 3 heterocycles. The molecular weight excluding hydrogens is 510 g/mol. The van der Waals surface area contributed by atoms with Crippen LogP contribution in [0.25, 0.3) is 0 Å². The second-order valence-electron chi connectivity index (χ2n) is 11.4. The molecule has 5 rings (SSSR count). The molecule has 0 radical (unpaired) electrons. The van der Waals surface area contributed by atoms with Crippen LogP contribution in [0.15, 0.2) is 60.9 Å². The van der Waals surface area contributed by atoms with E-state index in [1.165, 1.54) is 11.1 Å². The molecule has 208 valence electrons. The number of rotatable bonds is 9. The lowest BCUT2D eigenvalue weighted by molar-refractivity contribution is -0.137. The molecule has 3 aromatic rings. The first-order valence-corrected chi connectivity index (χ1v) is 14.4. The van der Waals surface area contributed by atoms with E-state index in [0.29, 0.717) is 13.0 Å². The Morgan fingerprint density at radius 2 is 1.82 bits per heavy atom. The number of ether oxygens (including phenoxy) is 1. The molecule has 0 unspecified atom stereocenters. The summed E-state index contributed by atoms with van der Waals surface area (Å²) in [5.74, 6) is 1.05. The van der Waals surface area contributed by atoms with Gasteiger partial charge in [-0.3, -0.25) is 14.4 Å². The predicted octanol–water partition coefficient (Wildman–Crippen LogP) is 4.72. The molecular formula is C31H40ClN5O2. The molecule has 1 aromatic heterocycles. The van der Waals surface area contributed by atoms with Crippen LogP contribution in [0.3, 0.4) is 0 Å². The zero-order valence-corrected chi connectivity index (χ0v) is 23.9. The predicted molar refractivity (Wildman–Crippen MR) is 155 cm³/mol. The van der Waals surface area contributed by atoms with Crippen molar-refractivity contribution in [2.45, 2.75) is 39.3 Å². The third-order valence-corrected chi connectivity index (χ3v) is 8.50. The fraction of sp³-hybridized carbons (Fsp3) is 0.484. The largest absolute Gasteiger partial charge is 0.493 e. The van der Waals surface area contributed by atoms with E-state index in [-0.39, 0.29) is 11.3 Å². The second kappa shape index (κ2) is 12.5. The maximum Gasteiger partial charge on any atom is 0.223 e. The third-order valence-electron chi connectivity index (χ3n) is 8.08. The van der Waals surface area contributed by atoms with Crippen molar-refractivity contribution in [2.24, 2.45) is 5.41 Å². The van der Waals surface area contributed by atoms with Gasteiger partial charge in [0.25, 0.3) is 0 Å². The van der Waals surface area contributed by atoms with Crippen LogP contribution >= 0.6 is 11.6 Å². The Morgan fingerprint density at radius 1 is 1.03 bits per heavy atom. The zero-order valence-electron chi connectivity index (χ0n) is 23.2. The lowest BCUT2D eigenvalue weighted by Gasteiger charge is -2.43. The van der Waals surface area contributed by atoms with Gasteiger partial charge in [-0.1, -0.05) is 41.9 Å². The number of aromatic nitrogens is 2. The number of hydrogen-bond donors (Lipinski definition) is 0. The summed E-state index contributed by atoms with van der Waals surface area (Å²) < 4.78 is 8.38. The molecule has 0 spiro atoms. The maximum atomic E-state index is 13.5. The first-order chi connectivity index (χ1) is 18.9. The molecule has 2 aliphatic heterocycles. The van der Waals surface area contributed by atoms with Crippen LogP contribution in [-0.2, 0) is 17.9 Å². The number of piperidine rings is 1. The molecule has 2 saturated heterocycles. The number of carbonyl (C=O) groups is 1. The molecule has 39 heavy (non-hydrogen) atoms. The van der Waals surface area contributed by atoms with Crippen LogP contribution in [0.5, 0.6) is 5.75 Å². The molecule has 0 N–H and O–H groups in total. The van der Waals surface area contributed by atoms with Crippen LogP contribution in [0.1, 0.15) is 36.0 Å². The molecule has 1 atom stereocenters. The Hall–Kier alpha value is -2.87. The van der Waals surface area contributed by atoms with E-state index in [2.05, 4.69) is 52.4 Å². The Kier molecular flexibility index (Phi) is 8.90. The Bertz CT molecular complexity index is 1240. The molecule has 2 aliphatic rings. The molecule has 8 heteroatoms. The monoisotopic (exact) mass is 549 g/mol. The van der Waals surface area contributed by atoms with Crippen molar-refractivity contribution >= 4 is 17.5 Å². The summed E-state index contributed by atoms with van der Waals surface area (Å²) in [4.78, 5) is 20.3. The molecule has 1 amide bonds. The lowest BCUT2D eigenvalue weighted by atomic mass is 9.77. The quantitative estimate of drug-likeness (QED) is 0.387. The van der Waals surface area contributed by atoms with E-state index in [1.54, 1.807) is 0 Å². The van der Waals surface area contributed by atoms with Gasteiger partial charge < -0.3 is 14.5 Å². The summed E-state index contributed by atoms with van der Waals surface area (Å²) in [6.07, 6.45) is 6.64. The normalized spacial score (nSPS) is 20.7. The highest BCUT2D eigenvalue weighted by atomic mass is 35.5. The standard InChI is InChI=1S/C31H40ClN5O2/c1-25-17-28(9-10-29(25)32)39-24-31(18-30(38)36-15-13-34(2)14-16-36)11-6-12-35(23-31)20-27-19-33-37(22-27)21-26-7-4-3-5-8-26/h3-5,7-10,17,19,22H,6,11-16,18,20-21,23-24H2,1-2H3/t31-/m1/s1. The lowest BCUT2D eigenvalue weighted by Crippen LogP contribution is -2.52. The summed E-state index contributed by atoms with van der Waals surface area (Å²) >= 11 is 6.24. The first kappa shape index (κ1) is 27.7. The molecule has 2 fully saturated rings. The highest BCUT2D eigenvalue weighted by Crippen LogP contribution is 2.36. The summed E-state index contributed by atoms with van der Waals surface area (Å²) in [5, 5.41) is 5.35. The van der Waals surface area contributed by atoms with E-state index >= 15 is 0 Å². The van der Waals surface area contributed by atoms with Crippen molar-refractivity contribution in [1.82, 2.24) is 24.5 Å². The number of hydrogen-bond acceptors (Lipinski definition) is 5. The van der Waals surface area contributed by atoms with Crippen LogP contribution in [0.4, 0.5) is 0 Å². The van der Waals surface area contributed by atoms with Gasteiger partial charge in [0.05, 0.1) is 19.3 Å². The molecule has 2 aromatic carbocycles. The minimum Gasteiger partial charge on any atom is -0.493 e. The fourth-order valence-electron chi connectivity index (χ4n) is 5.79. The number of likely N-dealkylation sites (tertiary alicyclic amines) is 1. The van der Waals surface area contributed by atoms with Gasteiger partial charge in [0.1, 0.15) is 5.75 Å². The highest BCUT2D eigenvalue weighted by Gasteiger charge is 2.40. The number of likely N-dealkylation sites (N-methyl/N-ethyl adjacent to an activating group) is 1. The van der Waals surface area contributed by atoms with E-state index in [0.717, 1.165) is 81.5 Å². The number of aryl methyl sites for hydroxylation is 1. The van der Waals surface area contributed by atoms with E-state index in [1.807, 2.05) is 47.0 Å². The van der Waals surface area contributed by atoms with Crippen molar-refractivity contribution in [3.05, 3.63) is 82.6 Å². The minimum absolute atomic E-state index is 0.244. The molecule has 0 saturated carbocycles. The maximum absolute atomic E-state index is 13.5. The Balaban J connectivity index is 1.28. The number of nitrogens with zero attached hydrogens (tertiary/aromatic N) is 5.